The van der Waals surface area contributed by atoms with Gasteiger partial charge in [-0.3, -0.25) is 9.59 Å². The molecule has 0 aliphatic rings. The maximum atomic E-state index is 12.3. The van der Waals surface area contributed by atoms with Crippen LogP contribution >= 0.6 is 0 Å². The molecular formula is C22H29N3O5S. The van der Waals surface area contributed by atoms with Crippen molar-refractivity contribution in [3.05, 3.63) is 59.7 Å². The molecular weight excluding hydrogens is 418 g/mol. The lowest BCUT2D eigenvalue weighted by atomic mass is 10.1. The van der Waals surface area contributed by atoms with Crippen molar-refractivity contribution in [1.29, 1.82) is 0 Å². The largest absolute Gasteiger partial charge is 0.497 e. The molecule has 0 bridgehead atoms. The van der Waals surface area contributed by atoms with Gasteiger partial charge in [0.25, 0.3) is 0 Å². The Balaban J connectivity index is 1.86. The molecule has 1 unspecified atom stereocenters. The van der Waals surface area contributed by atoms with Crippen LogP contribution in [0.5, 0.6) is 5.75 Å². The first-order valence-corrected chi connectivity index (χ1v) is 11.3. The van der Waals surface area contributed by atoms with Gasteiger partial charge in [-0.1, -0.05) is 24.3 Å². The second kappa shape index (κ2) is 11.0. The third kappa shape index (κ3) is 7.16. The van der Waals surface area contributed by atoms with Gasteiger partial charge in [-0.05, 0) is 50.8 Å². The Morgan fingerprint density at radius 2 is 1.65 bits per heavy atom. The fourth-order valence-corrected chi connectivity index (χ4v) is 4.01. The number of hydrogen-bond acceptors (Lipinski definition) is 6. The highest BCUT2D eigenvalue weighted by Gasteiger charge is 2.17. The Morgan fingerprint density at radius 1 is 1.03 bits per heavy atom. The summed E-state index contributed by atoms with van der Waals surface area (Å²) in [6.07, 6.45) is 0.00746. The van der Waals surface area contributed by atoms with Gasteiger partial charge in [-0.25, -0.2) is 13.1 Å². The molecule has 0 heterocycles. The number of rotatable bonds is 11. The number of ether oxygens (including phenoxy) is 1. The molecule has 0 aliphatic carbocycles. The first-order valence-electron chi connectivity index (χ1n) is 9.82. The van der Waals surface area contributed by atoms with Crippen molar-refractivity contribution in [3.63, 3.8) is 0 Å². The van der Waals surface area contributed by atoms with Crippen LogP contribution in [0, 0.1) is 0 Å². The fourth-order valence-electron chi connectivity index (χ4n) is 2.97. The highest BCUT2D eigenvalue weighted by atomic mass is 32.2. The lowest BCUT2D eigenvalue weighted by Crippen LogP contribution is -2.36. The van der Waals surface area contributed by atoms with Gasteiger partial charge in [0.05, 0.1) is 18.0 Å². The van der Waals surface area contributed by atoms with Crippen LogP contribution in [0.2, 0.25) is 0 Å². The number of nitrogens with zero attached hydrogens (tertiary/aromatic N) is 1. The second-order valence-electron chi connectivity index (χ2n) is 7.28. The van der Waals surface area contributed by atoms with Gasteiger partial charge in [-0.15, -0.1) is 0 Å². The molecule has 8 nitrogen and oxygen atoms in total. The van der Waals surface area contributed by atoms with E-state index in [9.17, 15) is 18.0 Å². The smallest absolute Gasteiger partial charge is 0.240 e. The first-order chi connectivity index (χ1) is 14.6. The Bertz CT molecular complexity index is 987. The second-order valence-corrected chi connectivity index (χ2v) is 9.05. The molecule has 2 aromatic carbocycles. The number of likely N-dealkylation sites (N-methyl/N-ethyl adjacent to an activating group) is 1. The molecule has 0 saturated heterocycles. The molecule has 2 N–H and O–H groups in total. The van der Waals surface area contributed by atoms with Crippen molar-refractivity contribution in [2.24, 2.45) is 0 Å². The number of methoxy groups -OCH3 is 1. The molecule has 2 rings (SSSR count). The van der Waals surface area contributed by atoms with E-state index < -0.39 is 10.0 Å². The quantitative estimate of drug-likeness (QED) is 0.511. The van der Waals surface area contributed by atoms with E-state index in [1.165, 1.54) is 31.2 Å². The summed E-state index contributed by atoms with van der Waals surface area (Å²) in [6, 6.07) is 13.3. The summed E-state index contributed by atoms with van der Waals surface area (Å²) in [4.78, 5) is 25.6. The Kier molecular flexibility index (Phi) is 8.73. The van der Waals surface area contributed by atoms with E-state index in [-0.39, 0.29) is 35.6 Å². The minimum Gasteiger partial charge on any atom is -0.497 e. The fraction of sp³-hybridized carbons (Fsp3) is 0.364. The van der Waals surface area contributed by atoms with E-state index in [1.54, 1.807) is 7.11 Å². The molecule has 1 amide bonds. The topological polar surface area (TPSA) is 105 Å². The lowest BCUT2D eigenvalue weighted by Gasteiger charge is -2.25. The van der Waals surface area contributed by atoms with Gasteiger partial charge < -0.3 is 15.0 Å². The number of hydrogen-bond donors (Lipinski definition) is 2. The average Bonchev–Trinajstić information content (AvgIpc) is 2.74. The van der Waals surface area contributed by atoms with E-state index in [1.807, 2.05) is 43.3 Å². The van der Waals surface area contributed by atoms with E-state index in [2.05, 4.69) is 10.0 Å². The summed E-state index contributed by atoms with van der Waals surface area (Å²) in [5.41, 5.74) is 1.46. The number of carbonyl (C=O) groups is 2. The summed E-state index contributed by atoms with van der Waals surface area (Å²) in [7, 11) is 1.70. The van der Waals surface area contributed by atoms with Crippen LogP contribution in [0.3, 0.4) is 0 Å². The number of amides is 1. The predicted octanol–water partition coefficient (Wildman–Crippen LogP) is 1.99. The normalized spacial score (nSPS) is 12.4. The number of sulfonamides is 1. The Morgan fingerprint density at radius 3 is 2.16 bits per heavy atom. The zero-order valence-electron chi connectivity index (χ0n) is 18.2. The summed E-state index contributed by atoms with van der Waals surface area (Å²) < 4.78 is 32.3. The number of Topliss-reactive ketones (excluding diaryl/α,β-unsaturated/α-hetero) is 1. The third-order valence-corrected chi connectivity index (χ3v) is 6.31. The maximum absolute atomic E-state index is 12.3. The number of ketones is 1. The molecule has 2 aromatic rings. The number of nitrogens with one attached hydrogen (secondary N) is 2. The van der Waals surface area contributed by atoms with Gasteiger partial charge in [0.15, 0.2) is 5.78 Å². The van der Waals surface area contributed by atoms with Crippen molar-refractivity contribution >= 4 is 21.7 Å². The zero-order chi connectivity index (χ0) is 23.0. The average molecular weight is 448 g/mol. The molecule has 0 saturated carbocycles. The predicted molar refractivity (Wildman–Crippen MR) is 119 cm³/mol. The van der Waals surface area contributed by atoms with Crippen LogP contribution < -0.4 is 14.8 Å². The highest BCUT2D eigenvalue weighted by Crippen LogP contribution is 2.20. The molecule has 0 aromatic heterocycles. The SMILES string of the molecule is COc1ccc(C(CNC(=O)CCNS(=O)(=O)c2ccc(C(C)=O)cc2)N(C)C)cc1. The minimum absolute atomic E-state index is 0.00746. The molecule has 0 fully saturated rings. The van der Waals surface area contributed by atoms with E-state index in [4.69, 9.17) is 4.74 Å². The highest BCUT2D eigenvalue weighted by molar-refractivity contribution is 7.89. The summed E-state index contributed by atoms with van der Waals surface area (Å²) in [5, 5.41) is 2.85. The zero-order valence-corrected chi connectivity index (χ0v) is 19.0. The van der Waals surface area contributed by atoms with Crippen LogP contribution in [0.25, 0.3) is 0 Å². The monoisotopic (exact) mass is 447 g/mol. The van der Waals surface area contributed by atoms with Crippen molar-refractivity contribution in [2.45, 2.75) is 24.3 Å². The number of carbonyl (C=O) groups excluding carboxylic acids is 2. The Hall–Kier alpha value is -2.75. The molecule has 31 heavy (non-hydrogen) atoms. The van der Waals surface area contributed by atoms with Crippen LogP contribution in [-0.2, 0) is 14.8 Å². The maximum Gasteiger partial charge on any atom is 0.240 e. The van der Waals surface area contributed by atoms with Gasteiger partial charge in [0, 0.05) is 25.1 Å². The molecule has 0 aliphatic heterocycles. The molecule has 168 valence electrons. The van der Waals surface area contributed by atoms with Gasteiger partial charge in [0.2, 0.25) is 15.9 Å². The van der Waals surface area contributed by atoms with Crippen molar-refractivity contribution in [1.82, 2.24) is 14.9 Å². The summed E-state index contributed by atoms with van der Waals surface area (Å²) in [5.74, 6) is 0.364. The molecule has 0 spiro atoms. The minimum atomic E-state index is -3.75. The van der Waals surface area contributed by atoms with Crippen molar-refractivity contribution < 1.29 is 22.7 Å². The van der Waals surface area contributed by atoms with Crippen LogP contribution in [0.4, 0.5) is 0 Å². The van der Waals surface area contributed by atoms with Crippen LogP contribution in [0.15, 0.2) is 53.4 Å². The summed E-state index contributed by atoms with van der Waals surface area (Å²) in [6.45, 7) is 1.77. The van der Waals surface area contributed by atoms with Gasteiger partial charge >= 0.3 is 0 Å². The Labute approximate surface area is 183 Å². The van der Waals surface area contributed by atoms with Gasteiger partial charge in [-0.2, -0.15) is 0 Å². The van der Waals surface area contributed by atoms with E-state index >= 15 is 0 Å². The molecule has 0 radical (unpaired) electrons. The van der Waals surface area contributed by atoms with E-state index in [0.717, 1.165) is 11.3 Å². The van der Waals surface area contributed by atoms with Crippen LogP contribution in [0.1, 0.15) is 35.3 Å². The first kappa shape index (κ1) is 24.5. The van der Waals surface area contributed by atoms with Gasteiger partial charge in [0.1, 0.15) is 5.75 Å². The molecule has 1 atom stereocenters. The van der Waals surface area contributed by atoms with Crippen molar-refractivity contribution in [3.8, 4) is 5.75 Å². The standard InChI is InChI=1S/C22H29N3O5S/c1-16(26)17-7-11-20(12-8-17)31(28,29)24-14-13-22(27)23-15-21(25(2)3)18-5-9-19(30-4)10-6-18/h5-12,21,24H,13-15H2,1-4H3,(H,23,27). The van der Waals surface area contributed by atoms with Crippen molar-refractivity contribution in [2.75, 3.05) is 34.3 Å². The molecule has 9 heteroatoms. The van der Waals surface area contributed by atoms with E-state index in [0.29, 0.717) is 12.1 Å². The number of benzene rings is 2. The summed E-state index contributed by atoms with van der Waals surface area (Å²) >= 11 is 0. The lowest BCUT2D eigenvalue weighted by molar-refractivity contribution is -0.121. The van der Waals surface area contributed by atoms with Crippen LogP contribution in [-0.4, -0.2) is 59.3 Å². The third-order valence-electron chi connectivity index (χ3n) is 4.83.